The fraction of sp³-hybridized carbons (Fsp3) is 1.00. The third-order valence-corrected chi connectivity index (χ3v) is 7.19. The second kappa shape index (κ2) is 4.23. The van der Waals surface area contributed by atoms with Crippen molar-refractivity contribution in [1.82, 2.24) is 0 Å². The number of rotatable bonds is 3. The number of hydrogen-bond donors (Lipinski definition) is 1. The molecule has 5 saturated carbocycles. The van der Waals surface area contributed by atoms with Gasteiger partial charge in [-0.15, -0.1) is 0 Å². The van der Waals surface area contributed by atoms with Crippen LogP contribution < -0.4 is 5.73 Å². The first-order chi connectivity index (χ1) is 8.78. The van der Waals surface area contributed by atoms with E-state index in [2.05, 4.69) is 0 Å². The molecule has 18 heavy (non-hydrogen) atoms. The van der Waals surface area contributed by atoms with E-state index in [-0.39, 0.29) is 0 Å². The van der Waals surface area contributed by atoms with Gasteiger partial charge in [0.2, 0.25) is 0 Å². The Labute approximate surface area is 112 Å². The molecule has 4 bridgehead atoms. The minimum absolute atomic E-state index is 0.569. The van der Waals surface area contributed by atoms with E-state index in [1.54, 1.807) is 32.1 Å². The highest BCUT2D eigenvalue weighted by atomic mass is 14.6. The van der Waals surface area contributed by atoms with Gasteiger partial charge < -0.3 is 5.73 Å². The molecular weight excluding hydrogens is 218 g/mol. The summed E-state index contributed by atoms with van der Waals surface area (Å²) in [4.78, 5) is 0. The monoisotopic (exact) mass is 247 g/mol. The van der Waals surface area contributed by atoms with E-state index in [0.29, 0.717) is 5.41 Å². The molecular formula is C17H29N. The van der Waals surface area contributed by atoms with Crippen molar-refractivity contribution in [2.75, 3.05) is 6.54 Å². The van der Waals surface area contributed by atoms with Crippen molar-refractivity contribution in [2.24, 2.45) is 40.7 Å². The Balaban J connectivity index is 1.51. The fourth-order valence-corrected chi connectivity index (χ4v) is 6.49. The normalized spacial score (nSPS) is 48.8. The third-order valence-electron chi connectivity index (χ3n) is 7.19. The molecule has 2 N–H and O–H groups in total. The molecule has 0 spiro atoms. The molecule has 102 valence electrons. The third kappa shape index (κ3) is 1.77. The average Bonchev–Trinajstić information content (AvgIpc) is 2.82. The highest BCUT2D eigenvalue weighted by Gasteiger charge is 2.50. The molecule has 0 aromatic heterocycles. The van der Waals surface area contributed by atoms with Crippen LogP contribution in [0.25, 0.3) is 0 Å². The van der Waals surface area contributed by atoms with Crippen LogP contribution >= 0.6 is 0 Å². The van der Waals surface area contributed by atoms with Gasteiger partial charge in [0.25, 0.3) is 0 Å². The molecule has 5 aliphatic rings. The summed E-state index contributed by atoms with van der Waals surface area (Å²) >= 11 is 0. The lowest BCUT2D eigenvalue weighted by Crippen LogP contribution is -2.47. The summed E-state index contributed by atoms with van der Waals surface area (Å²) in [5, 5.41) is 0. The molecule has 0 aromatic carbocycles. The predicted molar refractivity (Wildman–Crippen MR) is 75.1 cm³/mol. The molecule has 1 nitrogen and oxygen atoms in total. The van der Waals surface area contributed by atoms with Gasteiger partial charge in [-0.1, -0.05) is 12.8 Å². The Morgan fingerprint density at radius 3 is 1.89 bits per heavy atom. The van der Waals surface area contributed by atoms with Crippen LogP contribution in [0.3, 0.4) is 0 Å². The molecule has 0 unspecified atom stereocenters. The van der Waals surface area contributed by atoms with Gasteiger partial charge in [-0.25, -0.2) is 0 Å². The Kier molecular flexibility index (Phi) is 2.76. The quantitative estimate of drug-likeness (QED) is 0.802. The second-order valence-corrected chi connectivity index (χ2v) is 8.21. The Morgan fingerprint density at radius 1 is 0.833 bits per heavy atom. The lowest BCUT2D eigenvalue weighted by molar-refractivity contribution is -0.0547. The topological polar surface area (TPSA) is 26.0 Å². The molecule has 0 amide bonds. The van der Waals surface area contributed by atoms with E-state index in [1.807, 2.05) is 0 Å². The molecule has 5 rings (SSSR count). The second-order valence-electron chi connectivity index (χ2n) is 8.21. The molecule has 0 aromatic rings. The molecule has 0 aliphatic heterocycles. The van der Waals surface area contributed by atoms with Gasteiger partial charge in [-0.3, -0.25) is 0 Å². The van der Waals surface area contributed by atoms with E-state index < -0.39 is 0 Å². The van der Waals surface area contributed by atoms with E-state index in [0.717, 1.165) is 36.1 Å². The molecule has 1 heteroatoms. The summed E-state index contributed by atoms with van der Waals surface area (Å²) in [7, 11) is 0. The van der Waals surface area contributed by atoms with Crippen molar-refractivity contribution in [1.29, 1.82) is 0 Å². The lowest BCUT2D eigenvalue weighted by Gasteiger charge is -2.56. The zero-order valence-electron chi connectivity index (χ0n) is 11.7. The standard InChI is InChI=1S/C17H29N/c18-11-17(3-1-2-4-17)10-16-14-6-12-5-13(8-14)9-15(16)7-12/h12-16H,1-11,18H2. The zero-order valence-corrected chi connectivity index (χ0v) is 11.7. The summed E-state index contributed by atoms with van der Waals surface area (Å²) in [5.41, 5.74) is 6.74. The van der Waals surface area contributed by atoms with Crippen LogP contribution in [0.2, 0.25) is 0 Å². The highest BCUT2D eigenvalue weighted by Crippen LogP contribution is 2.59. The smallest absolute Gasteiger partial charge is 0.00204 e. The first-order valence-corrected chi connectivity index (χ1v) is 8.48. The highest BCUT2D eigenvalue weighted by molar-refractivity contribution is 5.01. The van der Waals surface area contributed by atoms with Crippen LogP contribution in [0.15, 0.2) is 0 Å². The number of hydrogen-bond acceptors (Lipinski definition) is 1. The lowest BCUT2D eigenvalue weighted by atomic mass is 9.50. The van der Waals surface area contributed by atoms with Gasteiger partial charge in [0.1, 0.15) is 0 Å². The van der Waals surface area contributed by atoms with Crippen LogP contribution in [-0.4, -0.2) is 6.54 Å². The van der Waals surface area contributed by atoms with Gasteiger partial charge in [-0.05, 0) is 92.9 Å². The maximum absolute atomic E-state index is 6.17. The Hall–Kier alpha value is -0.0400. The molecule has 5 fully saturated rings. The van der Waals surface area contributed by atoms with E-state index in [4.69, 9.17) is 5.73 Å². The van der Waals surface area contributed by atoms with Crippen LogP contribution in [0.5, 0.6) is 0 Å². The fourth-order valence-electron chi connectivity index (χ4n) is 6.49. The minimum atomic E-state index is 0.569. The molecule has 0 radical (unpaired) electrons. The maximum Gasteiger partial charge on any atom is -0.00204 e. The van der Waals surface area contributed by atoms with Crippen molar-refractivity contribution in [3.8, 4) is 0 Å². The van der Waals surface area contributed by atoms with Crippen LogP contribution in [0.4, 0.5) is 0 Å². The van der Waals surface area contributed by atoms with Gasteiger partial charge in [0.15, 0.2) is 0 Å². The van der Waals surface area contributed by atoms with Gasteiger partial charge in [0.05, 0.1) is 0 Å². The van der Waals surface area contributed by atoms with E-state index in [1.165, 1.54) is 32.1 Å². The van der Waals surface area contributed by atoms with Crippen molar-refractivity contribution < 1.29 is 0 Å². The largest absolute Gasteiger partial charge is 0.330 e. The van der Waals surface area contributed by atoms with Crippen LogP contribution in [-0.2, 0) is 0 Å². The average molecular weight is 247 g/mol. The predicted octanol–water partition coefficient (Wildman–Crippen LogP) is 3.97. The van der Waals surface area contributed by atoms with Crippen LogP contribution in [0.1, 0.15) is 64.2 Å². The SMILES string of the molecule is NCC1(CC2C3CC4CC(C3)CC2C4)CCCC1. The minimum Gasteiger partial charge on any atom is -0.330 e. The zero-order chi connectivity index (χ0) is 12.2. The summed E-state index contributed by atoms with van der Waals surface area (Å²) in [5.74, 6) is 5.53. The first-order valence-electron chi connectivity index (χ1n) is 8.48. The summed E-state index contributed by atoms with van der Waals surface area (Å²) in [6.45, 7) is 0.968. The Morgan fingerprint density at radius 2 is 1.39 bits per heavy atom. The van der Waals surface area contributed by atoms with Gasteiger partial charge >= 0.3 is 0 Å². The first kappa shape index (κ1) is 11.8. The maximum atomic E-state index is 6.17. The molecule has 0 heterocycles. The summed E-state index contributed by atoms with van der Waals surface area (Å²) in [6.07, 6.45) is 15.2. The molecule has 0 atom stereocenters. The van der Waals surface area contributed by atoms with Crippen molar-refractivity contribution >= 4 is 0 Å². The van der Waals surface area contributed by atoms with Gasteiger partial charge in [0, 0.05) is 0 Å². The van der Waals surface area contributed by atoms with Crippen molar-refractivity contribution in [3.63, 3.8) is 0 Å². The van der Waals surface area contributed by atoms with E-state index >= 15 is 0 Å². The summed E-state index contributed by atoms with van der Waals surface area (Å²) < 4.78 is 0. The van der Waals surface area contributed by atoms with Crippen molar-refractivity contribution in [2.45, 2.75) is 64.2 Å². The molecule has 0 saturated heterocycles. The number of nitrogens with two attached hydrogens (primary N) is 1. The van der Waals surface area contributed by atoms with Crippen LogP contribution in [0, 0.1) is 35.0 Å². The summed E-state index contributed by atoms with van der Waals surface area (Å²) in [6, 6.07) is 0. The molecule has 5 aliphatic carbocycles. The van der Waals surface area contributed by atoms with E-state index in [9.17, 15) is 0 Å². The van der Waals surface area contributed by atoms with Crippen molar-refractivity contribution in [3.05, 3.63) is 0 Å². The Bertz CT molecular complexity index is 288. The van der Waals surface area contributed by atoms with Gasteiger partial charge in [-0.2, -0.15) is 0 Å².